The van der Waals surface area contributed by atoms with E-state index in [0.717, 1.165) is 24.8 Å². The van der Waals surface area contributed by atoms with Crippen LogP contribution in [0.25, 0.3) is 0 Å². The molecule has 5 amide bonds. The van der Waals surface area contributed by atoms with Crippen LogP contribution in [0.1, 0.15) is 139 Å². The standard InChI is InChI=1S/C54H87N5O10/c1-15-34(6)46(57(11)50(63)44(32(2)3)56-49(62)45(33(4)5)58(12)52(65)69-53(8,9)10)42(66-13)28-43(60)59-23-19-22-41(59)47(67-14)35(7)48(61)55-40(27-36-20-17-16-18-21-36)51(64)68-54-29-37-24-38(30-54)26-39(25-37)31-54/h16-18,20-21,32-35,37-42,44-47H,15,19,22-31H2,1-14H3,(H,55,61)(H,56,62)/t34-,35+,37?,38?,39?,40-,41-,42+,44-,45-,46-,47+,54?/m0/s1. The number of amides is 5. The number of methoxy groups -OCH3 is 2. The first-order valence-electron chi connectivity index (χ1n) is 25.9. The van der Waals surface area contributed by atoms with Gasteiger partial charge in [0.25, 0.3) is 0 Å². The number of ether oxygens (including phenoxy) is 4. The highest BCUT2D eigenvalue weighted by molar-refractivity contribution is 5.92. The lowest BCUT2D eigenvalue weighted by atomic mass is 9.54. The predicted octanol–water partition coefficient (Wildman–Crippen LogP) is 7.18. The predicted molar refractivity (Wildman–Crippen MR) is 265 cm³/mol. The smallest absolute Gasteiger partial charge is 0.410 e. The maximum Gasteiger partial charge on any atom is 0.410 e. The Bertz CT molecular complexity index is 1880. The van der Waals surface area contributed by atoms with Crippen LogP contribution in [0.15, 0.2) is 30.3 Å². The van der Waals surface area contributed by atoms with Crippen molar-refractivity contribution in [3.8, 4) is 0 Å². The number of benzene rings is 1. The number of hydrogen-bond donors (Lipinski definition) is 2. The largest absolute Gasteiger partial charge is 0.458 e. The van der Waals surface area contributed by atoms with Gasteiger partial charge in [-0.25, -0.2) is 9.59 Å². The van der Waals surface area contributed by atoms with Gasteiger partial charge in [0.1, 0.15) is 29.3 Å². The normalized spacial score (nSPS) is 25.5. The molecule has 1 saturated heterocycles. The second kappa shape index (κ2) is 23.8. The number of carbonyl (C=O) groups is 6. The van der Waals surface area contributed by atoms with Crippen molar-refractivity contribution >= 4 is 35.7 Å². The molecule has 4 saturated carbocycles. The van der Waals surface area contributed by atoms with Gasteiger partial charge in [-0.1, -0.05) is 85.2 Å². The van der Waals surface area contributed by atoms with E-state index in [1.165, 1.54) is 31.2 Å². The molecule has 1 aromatic rings. The molecule has 2 N–H and O–H groups in total. The van der Waals surface area contributed by atoms with Crippen molar-refractivity contribution in [1.82, 2.24) is 25.3 Å². The van der Waals surface area contributed by atoms with E-state index < -0.39 is 77.5 Å². The highest BCUT2D eigenvalue weighted by Crippen LogP contribution is 2.57. The van der Waals surface area contributed by atoms with E-state index in [2.05, 4.69) is 10.6 Å². The van der Waals surface area contributed by atoms with Crippen molar-refractivity contribution in [3.63, 3.8) is 0 Å². The van der Waals surface area contributed by atoms with Crippen molar-refractivity contribution in [1.29, 1.82) is 0 Å². The summed E-state index contributed by atoms with van der Waals surface area (Å²) in [5.74, 6) is -1.41. The molecule has 5 fully saturated rings. The highest BCUT2D eigenvalue weighted by Gasteiger charge is 2.54. The SMILES string of the molecule is CC[C@H](C)[C@@H]([C@@H](CC(=O)N1CCC[C@H]1[C@H](OC)[C@@H](C)C(=O)N[C@@H](Cc1ccccc1)C(=O)OC12CC3CC(CC(C3)C1)C2)OC)N(C)C(=O)[C@@H](NC(=O)[C@H](C(C)C)N(C)C(=O)OC(C)(C)C)C(C)C. The molecule has 0 spiro atoms. The van der Waals surface area contributed by atoms with Gasteiger partial charge in [0.15, 0.2) is 0 Å². The van der Waals surface area contributed by atoms with E-state index >= 15 is 0 Å². The second-order valence-electron chi connectivity index (χ2n) is 22.9. The Labute approximate surface area is 413 Å². The third-order valence-corrected chi connectivity index (χ3v) is 15.7. The number of nitrogens with zero attached hydrogens (tertiary/aromatic N) is 3. The maximum atomic E-state index is 14.6. The third-order valence-electron chi connectivity index (χ3n) is 15.7. The van der Waals surface area contributed by atoms with E-state index in [1.807, 2.05) is 71.9 Å². The van der Waals surface area contributed by atoms with Gasteiger partial charge in [-0.3, -0.25) is 24.1 Å². The topological polar surface area (TPSA) is 173 Å². The molecule has 4 bridgehead atoms. The maximum absolute atomic E-state index is 14.6. The zero-order valence-corrected chi connectivity index (χ0v) is 44.4. The first-order valence-corrected chi connectivity index (χ1v) is 25.9. The van der Waals surface area contributed by atoms with Gasteiger partial charge >= 0.3 is 12.1 Å². The number of hydrogen-bond acceptors (Lipinski definition) is 10. The molecule has 0 aromatic heterocycles. The van der Waals surface area contributed by atoms with E-state index in [-0.39, 0.29) is 48.3 Å². The van der Waals surface area contributed by atoms with Crippen LogP contribution in [0.5, 0.6) is 0 Å². The summed E-state index contributed by atoms with van der Waals surface area (Å²) in [6.07, 6.45) is 6.55. The lowest BCUT2D eigenvalue weighted by Gasteiger charge is -2.55. The lowest BCUT2D eigenvalue weighted by molar-refractivity contribution is -0.189. The minimum absolute atomic E-state index is 0.0409. The summed E-state index contributed by atoms with van der Waals surface area (Å²) in [6, 6.07) is 5.94. The summed E-state index contributed by atoms with van der Waals surface area (Å²) >= 11 is 0. The van der Waals surface area contributed by atoms with Crippen molar-refractivity contribution in [3.05, 3.63) is 35.9 Å². The third kappa shape index (κ3) is 13.8. The van der Waals surface area contributed by atoms with Crippen LogP contribution < -0.4 is 10.6 Å². The zero-order valence-electron chi connectivity index (χ0n) is 44.4. The van der Waals surface area contributed by atoms with Crippen LogP contribution in [-0.4, -0.2) is 139 Å². The summed E-state index contributed by atoms with van der Waals surface area (Å²) in [6.45, 7) is 18.9. The fraction of sp³-hybridized carbons (Fsp3) is 0.778. The molecule has 1 aromatic carbocycles. The summed E-state index contributed by atoms with van der Waals surface area (Å²) in [4.78, 5) is 89.5. The molecule has 1 aliphatic heterocycles. The van der Waals surface area contributed by atoms with Gasteiger partial charge < -0.3 is 39.4 Å². The Morgan fingerprint density at radius 2 is 1.41 bits per heavy atom. The molecule has 1 heterocycles. The summed E-state index contributed by atoms with van der Waals surface area (Å²) in [7, 11) is 6.31. The Balaban J connectivity index is 1.29. The van der Waals surface area contributed by atoms with Crippen LogP contribution in [0, 0.1) is 41.4 Å². The molecule has 0 unspecified atom stereocenters. The monoisotopic (exact) mass is 966 g/mol. The van der Waals surface area contributed by atoms with Crippen molar-refractivity contribution in [2.24, 2.45) is 41.4 Å². The molecule has 0 radical (unpaired) electrons. The minimum atomic E-state index is -0.945. The molecular formula is C54H87N5O10. The number of likely N-dealkylation sites (tertiary alicyclic amines) is 1. The molecule has 69 heavy (non-hydrogen) atoms. The first kappa shape index (κ1) is 55.7. The van der Waals surface area contributed by atoms with E-state index in [9.17, 15) is 28.8 Å². The summed E-state index contributed by atoms with van der Waals surface area (Å²) < 4.78 is 24.3. The van der Waals surface area contributed by atoms with Crippen LogP contribution in [0.2, 0.25) is 0 Å². The van der Waals surface area contributed by atoms with Crippen LogP contribution >= 0.6 is 0 Å². The molecular weight excluding hydrogens is 879 g/mol. The van der Waals surface area contributed by atoms with Crippen molar-refractivity contribution in [2.75, 3.05) is 34.9 Å². The van der Waals surface area contributed by atoms with E-state index in [0.29, 0.717) is 43.6 Å². The number of nitrogens with one attached hydrogen (secondary N) is 2. The molecule has 9 atom stereocenters. The highest BCUT2D eigenvalue weighted by atomic mass is 16.6. The summed E-state index contributed by atoms with van der Waals surface area (Å²) in [5, 5.41) is 6.05. The number of esters is 1. The van der Waals surface area contributed by atoms with Gasteiger partial charge in [0.2, 0.25) is 23.6 Å². The Hall–Kier alpha value is -4.24. The van der Waals surface area contributed by atoms with Gasteiger partial charge in [0, 0.05) is 41.3 Å². The van der Waals surface area contributed by atoms with Crippen LogP contribution in [0.4, 0.5) is 4.79 Å². The molecule has 388 valence electrons. The molecule has 15 heteroatoms. The van der Waals surface area contributed by atoms with Crippen LogP contribution in [-0.2, 0) is 49.3 Å². The Morgan fingerprint density at radius 3 is 1.91 bits per heavy atom. The average molecular weight is 966 g/mol. The molecule has 5 aliphatic rings. The zero-order chi connectivity index (χ0) is 51.1. The molecule has 15 nitrogen and oxygen atoms in total. The average Bonchev–Trinajstić information content (AvgIpc) is 3.76. The van der Waals surface area contributed by atoms with Gasteiger partial charge in [-0.15, -0.1) is 0 Å². The molecule has 6 rings (SSSR count). The fourth-order valence-electron chi connectivity index (χ4n) is 12.4. The number of likely N-dealkylation sites (N-methyl/N-ethyl adjacent to an activating group) is 2. The van der Waals surface area contributed by atoms with E-state index in [4.69, 9.17) is 18.9 Å². The molecule has 4 aliphatic carbocycles. The first-order chi connectivity index (χ1) is 32.4. The van der Waals surface area contributed by atoms with E-state index in [1.54, 1.807) is 58.8 Å². The van der Waals surface area contributed by atoms with Gasteiger partial charge in [-0.2, -0.15) is 0 Å². The number of carbonyl (C=O) groups excluding carboxylic acids is 6. The Kier molecular flexibility index (Phi) is 19.2. The Morgan fingerprint density at radius 1 is 0.812 bits per heavy atom. The van der Waals surface area contributed by atoms with Gasteiger partial charge in [0.05, 0.1) is 36.6 Å². The number of rotatable bonds is 22. The minimum Gasteiger partial charge on any atom is -0.458 e. The fourth-order valence-corrected chi connectivity index (χ4v) is 12.4. The van der Waals surface area contributed by atoms with Crippen molar-refractivity contribution in [2.45, 2.75) is 193 Å². The lowest BCUT2D eigenvalue weighted by Crippen LogP contribution is -2.60. The van der Waals surface area contributed by atoms with Crippen molar-refractivity contribution < 1.29 is 47.7 Å². The summed E-state index contributed by atoms with van der Waals surface area (Å²) in [5.41, 5.74) is -0.309. The second-order valence-corrected chi connectivity index (χ2v) is 22.9. The van der Waals surface area contributed by atoms with Crippen LogP contribution in [0.3, 0.4) is 0 Å². The quantitative estimate of drug-likeness (QED) is 0.113. The van der Waals surface area contributed by atoms with Gasteiger partial charge in [-0.05, 0) is 113 Å².